The van der Waals surface area contributed by atoms with Crippen LogP contribution in [0.15, 0.2) is 42.5 Å². The number of benzene rings is 2. The number of aliphatic hydroxyl groups excluding tert-OH is 1. The van der Waals surface area contributed by atoms with Crippen molar-refractivity contribution in [2.75, 3.05) is 0 Å². The van der Waals surface area contributed by atoms with Gasteiger partial charge in [0.15, 0.2) is 0 Å². The summed E-state index contributed by atoms with van der Waals surface area (Å²) in [7, 11) is 0. The Morgan fingerprint density at radius 1 is 1.18 bits per heavy atom. The zero-order chi connectivity index (χ0) is 12.4. The summed E-state index contributed by atoms with van der Waals surface area (Å²) in [4.78, 5) is 0. The maximum Gasteiger partial charge on any atom is 0.123 e. The van der Waals surface area contributed by atoms with E-state index in [4.69, 9.17) is 0 Å². The van der Waals surface area contributed by atoms with Gasteiger partial charge in [0.2, 0.25) is 0 Å². The Balaban J connectivity index is 2.40. The molecule has 0 aromatic heterocycles. The van der Waals surface area contributed by atoms with E-state index < -0.39 is 6.10 Å². The molecule has 0 bridgehead atoms. The third-order valence-corrected chi connectivity index (χ3v) is 3.36. The molecule has 0 aliphatic heterocycles. The van der Waals surface area contributed by atoms with E-state index in [0.29, 0.717) is 0 Å². The van der Waals surface area contributed by atoms with Crippen LogP contribution in [0.4, 0.5) is 4.39 Å². The van der Waals surface area contributed by atoms with Crippen LogP contribution in [0.25, 0.3) is 0 Å². The van der Waals surface area contributed by atoms with Crippen LogP contribution in [-0.2, 0) is 0 Å². The monoisotopic (exact) mass is 342 g/mol. The van der Waals surface area contributed by atoms with E-state index in [-0.39, 0.29) is 5.82 Å². The summed E-state index contributed by atoms with van der Waals surface area (Å²) >= 11 is 2.20. The van der Waals surface area contributed by atoms with E-state index in [1.54, 1.807) is 13.0 Å². The average Bonchev–Trinajstić information content (AvgIpc) is 2.28. The van der Waals surface area contributed by atoms with Gasteiger partial charge in [-0.3, -0.25) is 0 Å². The van der Waals surface area contributed by atoms with Crippen LogP contribution in [0.2, 0.25) is 0 Å². The van der Waals surface area contributed by atoms with Gasteiger partial charge < -0.3 is 5.11 Å². The van der Waals surface area contributed by atoms with Crippen molar-refractivity contribution >= 4 is 22.6 Å². The second-order valence-corrected chi connectivity index (χ2v) is 5.20. The van der Waals surface area contributed by atoms with Crippen LogP contribution in [0.3, 0.4) is 0 Å². The van der Waals surface area contributed by atoms with E-state index in [9.17, 15) is 9.50 Å². The van der Waals surface area contributed by atoms with Crippen molar-refractivity contribution in [1.82, 2.24) is 0 Å². The number of halogens is 2. The van der Waals surface area contributed by atoms with Crippen molar-refractivity contribution in [3.05, 3.63) is 68.5 Å². The highest BCUT2D eigenvalue weighted by Crippen LogP contribution is 2.26. The van der Waals surface area contributed by atoms with Gasteiger partial charge in [-0.05, 0) is 70.5 Å². The minimum Gasteiger partial charge on any atom is -0.384 e. The fourth-order valence-corrected chi connectivity index (χ4v) is 2.37. The smallest absolute Gasteiger partial charge is 0.123 e. The molecule has 17 heavy (non-hydrogen) atoms. The third kappa shape index (κ3) is 2.84. The van der Waals surface area contributed by atoms with Crippen molar-refractivity contribution in [3.8, 4) is 0 Å². The summed E-state index contributed by atoms with van der Waals surface area (Å²) in [6.07, 6.45) is -0.703. The highest BCUT2D eigenvalue weighted by Gasteiger charge is 2.13. The van der Waals surface area contributed by atoms with E-state index >= 15 is 0 Å². The lowest BCUT2D eigenvalue weighted by atomic mass is 9.97. The lowest BCUT2D eigenvalue weighted by molar-refractivity contribution is 0.219. The molecular formula is C14H12FIO. The van der Waals surface area contributed by atoms with Gasteiger partial charge in [0.05, 0.1) is 0 Å². The summed E-state index contributed by atoms with van der Waals surface area (Å²) < 4.78 is 14.1. The van der Waals surface area contributed by atoms with Gasteiger partial charge in [-0.25, -0.2) is 4.39 Å². The summed E-state index contributed by atoms with van der Waals surface area (Å²) in [5.41, 5.74) is 2.33. The van der Waals surface area contributed by atoms with Gasteiger partial charge in [0.1, 0.15) is 11.9 Å². The first-order valence-electron chi connectivity index (χ1n) is 5.27. The standard InChI is InChI=1S/C14H12FIO/c1-9-7-11(15)5-6-13(9)14(17)10-3-2-4-12(16)8-10/h2-8,14,17H,1H3. The van der Waals surface area contributed by atoms with E-state index in [2.05, 4.69) is 22.6 Å². The highest BCUT2D eigenvalue weighted by molar-refractivity contribution is 14.1. The summed E-state index contributed by atoms with van der Waals surface area (Å²) in [6.45, 7) is 1.80. The molecule has 1 atom stereocenters. The van der Waals surface area contributed by atoms with Crippen LogP contribution >= 0.6 is 22.6 Å². The van der Waals surface area contributed by atoms with Crippen molar-refractivity contribution in [3.63, 3.8) is 0 Å². The van der Waals surface area contributed by atoms with Gasteiger partial charge in [-0.15, -0.1) is 0 Å². The maximum atomic E-state index is 13.0. The van der Waals surface area contributed by atoms with Crippen molar-refractivity contribution in [2.24, 2.45) is 0 Å². The quantitative estimate of drug-likeness (QED) is 0.823. The lowest BCUT2D eigenvalue weighted by Gasteiger charge is -2.14. The van der Waals surface area contributed by atoms with Gasteiger partial charge in [-0.1, -0.05) is 18.2 Å². The molecule has 0 saturated heterocycles. The number of aryl methyl sites for hydroxylation is 1. The Morgan fingerprint density at radius 3 is 2.59 bits per heavy atom. The fraction of sp³-hybridized carbons (Fsp3) is 0.143. The van der Waals surface area contributed by atoms with Crippen molar-refractivity contribution in [2.45, 2.75) is 13.0 Å². The second-order valence-electron chi connectivity index (χ2n) is 3.96. The van der Waals surface area contributed by atoms with Gasteiger partial charge in [-0.2, -0.15) is 0 Å². The minimum absolute atomic E-state index is 0.277. The molecule has 0 aliphatic rings. The topological polar surface area (TPSA) is 20.2 Å². The van der Waals surface area contributed by atoms with Crippen LogP contribution in [0.5, 0.6) is 0 Å². The molecule has 0 amide bonds. The molecule has 0 radical (unpaired) electrons. The molecule has 3 heteroatoms. The number of rotatable bonds is 2. The van der Waals surface area contributed by atoms with Crippen molar-refractivity contribution < 1.29 is 9.50 Å². The molecule has 2 rings (SSSR count). The molecule has 1 nitrogen and oxygen atoms in total. The maximum absolute atomic E-state index is 13.0. The Morgan fingerprint density at radius 2 is 1.94 bits per heavy atom. The Labute approximate surface area is 113 Å². The van der Waals surface area contributed by atoms with Crippen LogP contribution in [0.1, 0.15) is 22.8 Å². The number of aliphatic hydroxyl groups is 1. The Hall–Kier alpha value is -0.940. The van der Waals surface area contributed by atoms with Gasteiger partial charge in [0.25, 0.3) is 0 Å². The molecule has 0 heterocycles. The average molecular weight is 342 g/mol. The normalized spacial score (nSPS) is 12.5. The van der Waals surface area contributed by atoms with Crippen LogP contribution in [0, 0.1) is 16.3 Å². The first kappa shape index (κ1) is 12.5. The zero-order valence-electron chi connectivity index (χ0n) is 9.32. The zero-order valence-corrected chi connectivity index (χ0v) is 11.5. The largest absolute Gasteiger partial charge is 0.384 e. The van der Waals surface area contributed by atoms with Gasteiger partial charge >= 0.3 is 0 Å². The second kappa shape index (κ2) is 5.14. The van der Waals surface area contributed by atoms with E-state index in [1.807, 2.05) is 24.3 Å². The third-order valence-electron chi connectivity index (χ3n) is 2.69. The molecule has 1 unspecified atom stereocenters. The Kier molecular flexibility index (Phi) is 3.79. The molecule has 88 valence electrons. The fourth-order valence-electron chi connectivity index (χ4n) is 1.80. The molecule has 1 N–H and O–H groups in total. The molecule has 2 aromatic carbocycles. The predicted octanol–water partition coefficient (Wildman–Crippen LogP) is 3.82. The predicted molar refractivity (Wildman–Crippen MR) is 74.4 cm³/mol. The SMILES string of the molecule is Cc1cc(F)ccc1C(O)c1cccc(I)c1. The summed E-state index contributed by atoms with van der Waals surface area (Å²) in [6, 6.07) is 12.1. The highest BCUT2D eigenvalue weighted by atomic mass is 127. The molecule has 0 spiro atoms. The molecular weight excluding hydrogens is 330 g/mol. The van der Waals surface area contributed by atoms with Gasteiger partial charge in [0, 0.05) is 3.57 Å². The molecule has 0 aliphatic carbocycles. The molecule has 0 fully saturated rings. The summed E-state index contributed by atoms with van der Waals surface area (Å²) in [5.74, 6) is -0.277. The first-order chi connectivity index (χ1) is 8.08. The number of hydrogen-bond donors (Lipinski definition) is 1. The number of hydrogen-bond acceptors (Lipinski definition) is 1. The van der Waals surface area contributed by atoms with Crippen molar-refractivity contribution in [1.29, 1.82) is 0 Å². The summed E-state index contributed by atoms with van der Waals surface area (Å²) in [5, 5.41) is 10.3. The minimum atomic E-state index is -0.703. The van der Waals surface area contributed by atoms with E-state index in [0.717, 1.165) is 20.3 Å². The Bertz CT molecular complexity index is 539. The lowest BCUT2D eigenvalue weighted by Crippen LogP contribution is -2.02. The van der Waals surface area contributed by atoms with E-state index in [1.165, 1.54) is 12.1 Å². The van der Waals surface area contributed by atoms with Crippen LogP contribution < -0.4 is 0 Å². The molecule has 2 aromatic rings. The molecule has 0 saturated carbocycles. The van der Waals surface area contributed by atoms with Crippen LogP contribution in [-0.4, -0.2) is 5.11 Å². The first-order valence-corrected chi connectivity index (χ1v) is 6.35.